The highest BCUT2D eigenvalue weighted by Gasteiger charge is 2.30. The van der Waals surface area contributed by atoms with Gasteiger partial charge in [0.15, 0.2) is 17.5 Å². The van der Waals surface area contributed by atoms with Gasteiger partial charge in [0.1, 0.15) is 0 Å². The van der Waals surface area contributed by atoms with Crippen LogP contribution in [0.2, 0.25) is 5.02 Å². The summed E-state index contributed by atoms with van der Waals surface area (Å²) in [5, 5.41) is 0.747. The SMILES string of the molecule is CCC(c1nc2cc(Cl)ccc2c(=O)n1Nc1ccccc1)N(CCCN)C(=O)c1ccc(F)c(F)c1. The van der Waals surface area contributed by atoms with E-state index in [1.807, 2.05) is 25.1 Å². The highest BCUT2D eigenvalue weighted by molar-refractivity contribution is 6.31. The number of halogens is 3. The second-order valence-electron chi connectivity index (χ2n) is 8.44. The van der Waals surface area contributed by atoms with Gasteiger partial charge in [0, 0.05) is 17.1 Å². The molecule has 0 bridgehead atoms. The summed E-state index contributed by atoms with van der Waals surface area (Å²) in [6, 6.07) is 16.2. The van der Waals surface area contributed by atoms with E-state index in [9.17, 15) is 18.4 Å². The maximum Gasteiger partial charge on any atom is 0.280 e. The summed E-state index contributed by atoms with van der Waals surface area (Å²) < 4.78 is 28.9. The van der Waals surface area contributed by atoms with E-state index >= 15 is 0 Å². The molecule has 1 atom stereocenters. The lowest BCUT2D eigenvalue weighted by Gasteiger charge is -2.32. The Kier molecular flexibility index (Phi) is 8.15. The molecule has 1 unspecified atom stereocenters. The number of nitrogens with one attached hydrogen (secondary N) is 1. The number of rotatable bonds is 9. The molecular weight excluding hydrogens is 500 g/mol. The minimum atomic E-state index is -1.13. The van der Waals surface area contributed by atoms with Crippen molar-refractivity contribution in [3.63, 3.8) is 0 Å². The Morgan fingerprint density at radius 2 is 1.86 bits per heavy atom. The van der Waals surface area contributed by atoms with Crippen molar-refractivity contribution in [3.8, 4) is 0 Å². The number of nitrogens with zero attached hydrogens (tertiary/aromatic N) is 3. The van der Waals surface area contributed by atoms with Crippen LogP contribution in [0.15, 0.2) is 71.5 Å². The Labute approximate surface area is 217 Å². The molecule has 0 spiro atoms. The number of carbonyl (C=O) groups excluding carboxylic acids is 1. The average molecular weight is 526 g/mol. The summed E-state index contributed by atoms with van der Waals surface area (Å²) in [6.45, 7) is 2.36. The lowest BCUT2D eigenvalue weighted by Crippen LogP contribution is -2.41. The van der Waals surface area contributed by atoms with Crippen molar-refractivity contribution < 1.29 is 13.6 Å². The third-order valence-corrected chi connectivity index (χ3v) is 6.20. The number of para-hydroxylation sites is 1. The van der Waals surface area contributed by atoms with Gasteiger partial charge < -0.3 is 10.6 Å². The van der Waals surface area contributed by atoms with Crippen molar-refractivity contribution >= 4 is 34.1 Å². The number of carbonyl (C=O) groups is 1. The number of hydrogen-bond acceptors (Lipinski definition) is 5. The van der Waals surface area contributed by atoms with E-state index in [0.29, 0.717) is 41.0 Å². The monoisotopic (exact) mass is 525 g/mol. The van der Waals surface area contributed by atoms with Crippen LogP contribution in [0, 0.1) is 11.6 Å². The molecule has 1 aromatic heterocycles. The van der Waals surface area contributed by atoms with Gasteiger partial charge in [0.2, 0.25) is 0 Å². The summed E-state index contributed by atoms with van der Waals surface area (Å²) in [4.78, 5) is 33.5. The van der Waals surface area contributed by atoms with Gasteiger partial charge >= 0.3 is 0 Å². The molecule has 0 saturated heterocycles. The summed E-state index contributed by atoms with van der Waals surface area (Å²) in [7, 11) is 0. The van der Waals surface area contributed by atoms with Gasteiger partial charge in [0.25, 0.3) is 11.5 Å². The highest BCUT2D eigenvalue weighted by atomic mass is 35.5. The number of amides is 1. The molecule has 0 aliphatic rings. The molecule has 1 amide bonds. The minimum Gasteiger partial charge on any atom is -0.330 e. The van der Waals surface area contributed by atoms with Crippen LogP contribution in [0.1, 0.15) is 42.0 Å². The fourth-order valence-corrected chi connectivity index (χ4v) is 4.31. The Morgan fingerprint density at radius 1 is 1.11 bits per heavy atom. The number of benzene rings is 3. The molecule has 0 aliphatic heterocycles. The van der Waals surface area contributed by atoms with Gasteiger partial charge in [-0.15, -0.1) is 0 Å². The third kappa shape index (κ3) is 5.63. The molecule has 0 radical (unpaired) electrons. The van der Waals surface area contributed by atoms with Crippen molar-refractivity contribution in [1.82, 2.24) is 14.6 Å². The topological polar surface area (TPSA) is 93.2 Å². The van der Waals surface area contributed by atoms with Gasteiger partial charge in [-0.1, -0.05) is 36.7 Å². The van der Waals surface area contributed by atoms with E-state index < -0.39 is 23.6 Å². The normalized spacial score (nSPS) is 11.9. The standard InChI is InChI=1S/C27H26ClF2N5O2/c1-2-24(34(14-6-13-31)26(36)17-9-12-21(29)22(30)15-17)25-32-23-16-18(28)10-11-20(23)27(37)35(25)33-19-7-4-3-5-8-19/h3-5,7-12,15-16,24,33H,2,6,13-14,31H2,1H3. The Balaban J connectivity index is 1.89. The van der Waals surface area contributed by atoms with Crippen LogP contribution < -0.4 is 16.7 Å². The van der Waals surface area contributed by atoms with E-state index in [4.69, 9.17) is 22.3 Å². The second kappa shape index (κ2) is 11.5. The van der Waals surface area contributed by atoms with E-state index in [2.05, 4.69) is 5.43 Å². The molecule has 37 heavy (non-hydrogen) atoms. The fourth-order valence-electron chi connectivity index (χ4n) is 4.15. The van der Waals surface area contributed by atoms with Crippen molar-refractivity contribution in [3.05, 3.63) is 105 Å². The zero-order valence-electron chi connectivity index (χ0n) is 20.1. The van der Waals surface area contributed by atoms with Crippen molar-refractivity contribution in [1.29, 1.82) is 0 Å². The average Bonchev–Trinajstić information content (AvgIpc) is 2.90. The van der Waals surface area contributed by atoms with Gasteiger partial charge in [0.05, 0.1) is 22.6 Å². The molecule has 0 fully saturated rings. The van der Waals surface area contributed by atoms with Gasteiger partial charge in [-0.3, -0.25) is 15.0 Å². The number of aromatic nitrogens is 2. The summed E-state index contributed by atoms with van der Waals surface area (Å²) >= 11 is 6.19. The molecule has 3 N–H and O–H groups in total. The molecular formula is C27H26ClF2N5O2. The quantitative estimate of drug-likeness (QED) is 0.315. The summed E-state index contributed by atoms with van der Waals surface area (Å²) in [5.41, 5.74) is 9.45. The number of nitrogens with two attached hydrogens (primary N) is 1. The highest BCUT2D eigenvalue weighted by Crippen LogP contribution is 2.27. The van der Waals surface area contributed by atoms with Crippen LogP contribution in [0.3, 0.4) is 0 Å². The predicted molar refractivity (Wildman–Crippen MR) is 141 cm³/mol. The molecule has 4 rings (SSSR count). The van der Waals surface area contributed by atoms with E-state index in [-0.39, 0.29) is 23.5 Å². The largest absolute Gasteiger partial charge is 0.330 e. The first-order valence-electron chi connectivity index (χ1n) is 11.8. The van der Waals surface area contributed by atoms with Gasteiger partial charge in [-0.25, -0.2) is 18.4 Å². The first kappa shape index (κ1) is 26.2. The summed E-state index contributed by atoms with van der Waals surface area (Å²) in [5.74, 6) is -2.45. The van der Waals surface area contributed by atoms with E-state index in [1.165, 1.54) is 15.6 Å². The van der Waals surface area contributed by atoms with Gasteiger partial charge in [-0.05, 0) is 67.9 Å². The zero-order valence-corrected chi connectivity index (χ0v) is 20.9. The summed E-state index contributed by atoms with van der Waals surface area (Å²) in [6.07, 6.45) is 0.816. The van der Waals surface area contributed by atoms with Crippen molar-refractivity contribution in [2.24, 2.45) is 5.73 Å². The lowest BCUT2D eigenvalue weighted by molar-refractivity contribution is 0.0656. The fraction of sp³-hybridized carbons (Fsp3) is 0.222. The molecule has 192 valence electrons. The molecule has 0 saturated carbocycles. The van der Waals surface area contributed by atoms with Crippen molar-refractivity contribution in [2.75, 3.05) is 18.5 Å². The smallest absolute Gasteiger partial charge is 0.280 e. The first-order valence-corrected chi connectivity index (χ1v) is 12.2. The molecule has 0 aliphatic carbocycles. The van der Waals surface area contributed by atoms with Crippen LogP contribution in [0.5, 0.6) is 0 Å². The Bertz CT molecular complexity index is 1480. The van der Waals surface area contributed by atoms with E-state index in [1.54, 1.807) is 30.3 Å². The van der Waals surface area contributed by atoms with Crippen LogP contribution >= 0.6 is 11.6 Å². The molecule has 1 heterocycles. The maximum atomic E-state index is 14.0. The number of fused-ring (bicyclic) bond motifs is 1. The molecule has 3 aromatic carbocycles. The maximum absolute atomic E-state index is 14.0. The van der Waals surface area contributed by atoms with Crippen LogP contribution in [-0.2, 0) is 0 Å². The molecule has 7 nitrogen and oxygen atoms in total. The number of hydrogen-bond donors (Lipinski definition) is 2. The van der Waals surface area contributed by atoms with Crippen molar-refractivity contribution in [2.45, 2.75) is 25.8 Å². The van der Waals surface area contributed by atoms with Crippen LogP contribution in [0.4, 0.5) is 14.5 Å². The van der Waals surface area contributed by atoms with E-state index in [0.717, 1.165) is 12.1 Å². The Hall–Kier alpha value is -3.82. The minimum absolute atomic E-state index is 0.0249. The third-order valence-electron chi connectivity index (χ3n) is 5.96. The molecule has 10 heteroatoms. The predicted octanol–water partition coefficient (Wildman–Crippen LogP) is 5.15. The Morgan fingerprint density at radius 3 is 2.54 bits per heavy atom. The zero-order chi connectivity index (χ0) is 26.5. The van der Waals surface area contributed by atoms with Crippen LogP contribution in [-0.4, -0.2) is 33.6 Å². The second-order valence-corrected chi connectivity index (χ2v) is 8.88. The number of anilines is 1. The molecule has 4 aromatic rings. The lowest BCUT2D eigenvalue weighted by atomic mass is 10.1. The first-order chi connectivity index (χ1) is 17.8. The van der Waals surface area contributed by atoms with Crippen LogP contribution in [0.25, 0.3) is 10.9 Å². The van der Waals surface area contributed by atoms with Gasteiger partial charge in [-0.2, -0.15) is 0 Å².